The van der Waals surface area contributed by atoms with E-state index in [1.54, 1.807) is 19.3 Å². The third-order valence-electron chi connectivity index (χ3n) is 1.38. The van der Waals surface area contributed by atoms with E-state index in [2.05, 4.69) is 10.1 Å². The second-order valence-electron chi connectivity index (χ2n) is 2.37. The normalized spacial score (nSPS) is 11.5. The summed E-state index contributed by atoms with van der Waals surface area (Å²) in [5.41, 5.74) is 1.81. The molecule has 0 bridgehead atoms. The highest BCUT2D eigenvalue weighted by Gasteiger charge is 1.93. The molecular weight excluding hydrogens is 140 g/mol. The Morgan fingerprint density at radius 2 is 2.18 bits per heavy atom. The van der Waals surface area contributed by atoms with Crippen molar-refractivity contribution in [2.75, 3.05) is 0 Å². The molecular formula is C8H10N2O. The lowest BCUT2D eigenvalue weighted by Gasteiger charge is -1.96. The molecule has 1 aromatic rings. The van der Waals surface area contributed by atoms with Crippen LogP contribution < -0.4 is 0 Å². The number of oxime groups is 1. The van der Waals surface area contributed by atoms with Gasteiger partial charge in [0.15, 0.2) is 0 Å². The van der Waals surface area contributed by atoms with Crippen molar-refractivity contribution in [3.05, 3.63) is 30.1 Å². The van der Waals surface area contributed by atoms with Gasteiger partial charge >= 0.3 is 0 Å². The maximum Gasteiger partial charge on any atom is 0.0583 e. The lowest BCUT2D eigenvalue weighted by Crippen LogP contribution is -1.96. The summed E-state index contributed by atoms with van der Waals surface area (Å²) in [5, 5.41) is 11.4. The summed E-state index contributed by atoms with van der Waals surface area (Å²) in [7, 11) is 0. The average molecular weight is 150 g/mol. The Balaban J connectivity index is 2.65. The molecule has 0 fully saturated rings. The van der Waals surface area contributed by atoms with Gasteiger partial charge in [0.05, 0.1) is 5.71 Å². The molecule has 3 heteroatoms. The van der Waals surface area contributed by atoms with Gasteiger partial charge in [0.25, 0.3) is 0 Å². The van der Waals surface area contributed by atoms with Crippen LogP contribution in [0.4, 0.5) is 0 Å². The van der Waals surface area contributed by atoms with Gasteiger partial charge in [-0.2, -0.15) is 0 Å². The number of pyridine rings is 1. The van der Waals surface area contributed by atoms with Crippen LogP contribution in [-0.2, 0) is 6.42 Å². The van der Waals surface area contributed by atoms with E-state index in [-0.39, 0.29) is 0 Å². The van der Waals surface area contributed by atoms with E-state index in [9.17, 15) is 0 Å². The molecule has 1 rings (SSSR count). The first-order chi connectivity index (χ1) is 5.33. The highest BCUT2D eigenvalue weighted by molar-refractivity contribution is 5.83. The number of hydrogen-bond acceptors (Lipinski definition) is 3. The molecule has 3 nitrogen and oxygen atoms in total. The van der Waals surface area contributed by atoms with Crippen molar-refractivity contribution < 1.29 is 5.21 Å². The minimum Gasteiger partial charge on any atom is -0.411 e. The van der Waals surface area contributed by atoms with Crippen molar-refractivity contribution in [2.24, 2.45) is 5.16 Å². The van der Waals surface area contributed by atoms with E-state index < -0.39 is 0 Å². The zero-order valence-corrected chi connectivity index (χ0v) is 6.36. The fourth-order valence-corrected chi connectivity index (χ4v) is 0.831. The van der Waals surface area contributed by atoms with Gasteiger partial charge in [0.1, 0.15) is 0 Å². The van der Waals surface area contributed by atoms with E-state index in [1.807, 2.05) is 12.1 Å². The Morgan fingerprint density at radius 1 is 1.55 bits per heavy atom. The summed E-state index contributed by atoms with van der Waals surface area (Å²) in [4.78, 5) is 3.88. The summed E-state index contributed by atoms with van der Waals surface area (Å²) in [6, 6.07) is 3.80. The van der Waals surface area contributed by atoms with Gasteiger partial charge in [-0.3, -0.25) is 4.98 Å². The third kappa shape index (κ3) is 2.37. The Hall–Kier alpha value is -1.38. The minimum atomic E-state index is 0.680. The minimum absolute atomic E-state index is 0.680. The molecule has 0 amide bonds. The van der Waals surface area contributed by atoms with E-state index in [4.69, 9.17) is 5.21 Å². The summed E-state index contributed by atoms with van der Waals surface area (Å²) >= 11 is 0. The molecule has 1 N–H and O–H groups in total. The highest BCUT2D eigenvalue weighted by atomic mass is 16.4. The molecule has 0 spiro atoms. The molecule has 58 valence electrons. The average Bonchev–Trinajstić information content (AvgIpc) is 2.06. The summed E-state index contributed by atoms with van der Waals surface area (Å²) in [5.74, 6) is 0. The Bertz CT molecular complexity index is 244. The van der Waals surface area contributed by atoms with Gasteiger partial charge in [0, 0.05) is 18.8 Å². The van der Waals surface area contributed by atoms with Gasteiger partial charge in [0.2, 0.25) is 0 Å². The zero-order chi connectivity index (χ0) is 8.10. The second-order valence-corrected chi connectivity index (χ2v) is 2.37. The highest BCUT2D eigenvalue weighted by Crippen LogP contribution is 1.98. The second kappa shape index (κ2) is 3.71. The van der Waals surface area contributed by atoms with Crippen LogP contribution in [0.3, 0.4) is 0 Å². The van der Waals surface area contributed by atoms with Crippen LogP contribution in [0.1, 0.15) is 12.5 Å². The van der Waals surface area contributed by atoms with Crippen LogP contribution in [0.15, 0.2) is 29.7 Å². The summed E-state index contributed by atoms with van der Waals surface area (Å²) < 4.78 is 0. The lowest BCUT2D eigenvalue weighted by molar-refractivity contribution is 0.317. The van der Waals surface area contributed by atoms with Gasteiger partial charge in [-0.05, 0) is 24.6 Å². The van der Waals surface area contributed by atoms with Crippen LogP contribution in [-0.4, -0.2) is 15.9 Å². The Labute approximate surface area is 65.4 Å². The maximum atomic E-state index is 8.37. The van der Waals surface area contributed by atoms with E-state index in [0.29, 0.717) is 12.1 Å². The predicted octanol–water partition coefficient (Wildman–Crippen LogP) is 1.47. The zero-order valence-electron chi connectivity index (χ0n) is 6.36. The first-order valence-electron chi connectivity index (χ1n) is 3.39. The topological polar surface area (TPSA) is 45.5 Å². The first kappa shape index (κ1) is 7.72. The first-order valence-corrected chi connectivity index (χ1v) is 3.39. The molecule has 0 saturated heterocycles. The van der Waals surface area contributed by atoms with Gasteiger partial charge in [-0.25, -0.2) is 0 Å². The third-order valence-corrected chi connectivity index (χ3v) is 1.38. The lowest BCUT2D eigenvalue weighted by atomic mass is 10.1. The molecule has 0 aliphatic carbocycles. The van der Waals surface area contributed by atoms with E-state index >= 15 is 0 Å². The molecule has 11 heavy (non-hydrogen) atoms. The molecule has 1 aromatic heterocycles. The predicted molar refractivity (Wildman–Crippen MR) is 42.8 cm³/mol. The quantitative estimate of drug-likeness (QED) is 0.394. The summed E-state index contributed by atoms with van der Waals surface area (Å²) in [6.07, 6.45) is 4.12. The fraction of sp³-hybridized carbons (Fsp3) is 0.250. The van der Waals surface area contributed by atoms with E-state index in [0.717, 1.165) is 5.56 Å². The molecule has 0 aromatic carbocycles. The molecule has 1 heterocycles. The van der Waals surface area contributed by atoms with Crippen LogP contribution in [0, 0.1) is 0 Å². The molecule has 0 unspecified atom stereocenters. The van der Waals surface area contributed by atoms with Crippen molar-refractivity contribution in [3.8, 4) is 0 Å². The molecule has 0 aliphatic heterocycles. The van der Waals surface area contributed by atoms with Gasteiger partial charge in [-0.1, -0.05) is 5.16 Å². The monoisotopic (exact) mass is 150 g/mol. The van der Waals surface area contributed by atoms with Crippen LogP contribution >= 0.6 is 0 Å². The van der Waals surface area contributed by atoms with Gasteiger partial charge < -0.3 is 5.21 Å². The largest absolute Gasteiger partial charge is 0.411 e. The Kier molecular flexibility index (Phi) is 2.60. The Morgan fingerprint density at radius 3 is 2.73 bits per heavy atom. The smallest absolute Gasteiger partial charge is 0.0583 e. The number of aromatic nitrogens is 1. The van der Waals surface area contributed by atoms with Gasteiger partial charge in [-0.15, -0.1) is 0 Å². The standard InChI is InChI=1S/C8H10N2O/c1-7(10-11)6-8-2-4-9-5-3-8/h2-5,11H,6H2,1H3. The number of rotatable bonds is 2. The molecule has 0 saturated carbocycles. The van der Waals surface area contributed by atoms with Crippen molar-refractivity contribution >= 4 is 5.71 Å². The van der Waals surface area contributed by atoms with Crippen molar-refractivity contribution in [3.63, 3.8) is 0 Å². The van der Waals surface area contributed by atoms with Crippen molar-refractivity contribution in [1.82, 2.24) is 4.98 Å². The van der Waals surface area contributed by atoms with Crippen molar-refractivity contribution in [1.29, 1.82) is 0 Å². The molecule has 0 aliphatic rings. The maximum absolute atomic E-state index is 8.37. The van der Waals surface area contributed by atoms with Crippen LogP contribution in [0.25, 0.3) is 0 Å². The molecule has 0 radical (unpaired) electrons. The fourth-order valence-electron chi connectivity index (χ4n) is 0.831. The van der Waals surface area contributed by atoms with Crippen molar-refractivity contribution in [2.45, 2.75) is 13.3 Å². The number of hydrogen-bond donors (Lipinski definition) is 1. The van der Waals surface area contributed by atoms with E-state index in [1.165, 1.54) is 0 Å². The van der Waals surface area contributed by atoms with Crippen LogP contribution in [0.2, 0.25) is 0 Å². The summed E-state index contributed by atoms with van der Waals surface area (Å²) in [6.45, 7) is 1.78. The molecule has 0 atom stereocenters. The SMILES string of the molecule is CC(Cc1ccncc1)=NO. The van der Waals surface area contributed by atoms with Crippen LogP contribution in [0.5, 0.6) is 0 Å². The number of nitrogens with zero attached hydrogens (tertiary/aromatic N) is 2.